The minimum atomic E-state index is -3.39. The molecule has 1 fully saturated rings. The van der Waals surface area contributed by atoms with Gasteiger partial charge in [0.15, 0.2) is 0 Å². The fourth-order valence-corrected chi connectivity index (χ4v) is 6.77. The summed E-state index contributed by atoms with van der Waals surface area (Å²) in [4.78, 5) is 1.77. The molecule has 1 aliphatic rings. The number of aryl methyl sites for hydroxylation is 1. The zero-order valence-electron chi connectivity index (χ0n) is 13.8. The van der Waals surface area contributed by atoms with E-state index in [9.17, 15) is 8.42 Å². The van der Waals surface area contributed by atoms with E-state index in [1.807, 2.05) is 23.9 Å². The number of sulfonamides is 1. The van der Waals surface area contributed by atoms with Gasteiger partial charge in [-0.3, -0.25) is 0 Å². The molecule has 1 unspecified atom stereocenters. The molecular formula is C18H23NO2S3. The van der Waals surface area contributed by atoms with Crippen molar-refractivity contribution in [2.75, 3.05) is 18.8 Å². The van der Waals surface area contributed by atoms with Gasteiger partial charge in [0.05, 0.1) is 4.90 Å². The minimum Gasteiger partial charge on any atom is -0.207 e. The van der Waals surface area contributed by atoms with Crippen molar-refractivity contribution in [3.05, 3.63) is 52.2 Å². The van der Waals surface area contributed by atoms with Gasteiger partial charge in [0, 0.05) is 29.0 Å². The second-order valence-corrected chi connectivity index (χ2v) is 10.2. The number of hydrogen-bond acceptors (Lipinski definition) is 4. The molecule has 24 heavy (non-hydrogen) atoms. The Morgan fingerprint density at radius 3 is 2.62 bits per heavy atom. The molecule has 0 radical (unpaired) electrons. The van der Waals surface area contributed by atoms with Gasteiger partial charge in [-0.2, -0.15) is 16.1 Å². The molecule has 1 atom stereocenters. The molecule has 1 saturated heterocycles. The lowest BCUT2D eigenvalue weighted by Gasteiger charge is -2.20. The third-order valence-electron chi connectivity index (χ3n) is 4.26. The van der Waals surface area contributed by atoms with Crippen LogP contribution in [0.5, 0.6) is 0 Å². The number of nitrogens with zero attached hydrogens (tertiary/aromatic N) is 1. The highest BCUT2D eigenvalue weighted by Crippen LogP contribution is 2.37. The third-order valence-corrected chi connectivity index (χ3v) is 8.62. The first-order valence-corrected chi connectivity index (χ1v) is 11.7. The summed E-state index contributed by atoms with van der Waals surface area (Å²) in [6.45, 7) is 3.31. The van der Waals surface area contributed by atoms with Gasteiger partial charge < -0.3 is 0 Å². The van der Waals surface area contributed by atoms with Crippen LogP contribution in [0, 0.1) is 0 Å². The SMILES string of the molecule is CCCc1ccc(S(=O)(=O)N2CCSC(c3cccs3)CC2)cc1. The highest BCUT2D eigenvalue weighted by Gasteiger charge is 2.28. The van der Waals surface area contributed by atoms with E-state index < -0.39 is 10.0 Å². The Hall–Kier alpha value is -0.820. The maximum atomic E-state index is 12.9. The number of thioether (sulfide) groups is 1. The molecule has 6 heteroatoms. The van der Waals surface area contributed by atoms with Crippen molar-refractivity contribution in [1.29, 1.82) is 0 Å². The maximum Gasteiger partial charge on any atom is 0.243 e. The summed E-state index contributed by atoms with van der Waals surface area (Å²) in [6, 6.07) is 11.6. The van der Waals surface area contributed by atoms with Gasteiger partial charge in [-0.1, -0.05) is 31.5 Å². The molecule has 2 aromatic rings. The first kappa shape index (κ1) is 18.0. The molecule has 0 N–H and O–H groups in total. The van der Waals surface area contributed by atoms with Gasteiger partial charge >= 0.3 is 0 Å². The third kappa shape index (κ3) is 4.04. The van der Waals surface area contributed by atoms with Crippen LogP contribution in [0.25, 0.3) is 0 Å². The lowest BCUT2D eigenvalue weighted by atomic mass is 10.1. The lowest BCUT2D eigenvalue weighted by Crippen LogP contribution is -2.33. The van der Waals surface area contributed by atoms with Crippen LogP contribution >= 0.6 is 23.1 Å². The summed E-state index contributed by atoms with van der Waals surface area (Å²) in [5.41, 5.74) is 1.20. The molecule has 2 heterocycles. The Labute approximate surface area is 153 Å². The summed E-state index contributed by atoms with van der Waals surface area (Å²) >= 11 is 3.63. The van der Waals surface area contributed by atoms with Crippen LogP contribution in [0.1, 0.15) is 35.5 Å². The average molecular weight is 382 g/mol. The van der Waals surface area contributed by atoms with Crippen molar-refractivity contribution in [3.63, 3.8) is 0 Å². The first-order valence-electron chi connectivity index (χ1n) is 8.35. The van der Waals surface area contributed by atoms with Crippen LogP contribution in [0.4, 0.5) is 0 Å². The Morgan fingerprint density at radius 2 is 1.96 bits per heavy atom. The van der Waals surface area contributed by atoms with Gasteiger partial charge in [-0.25, -0.2) is 8.42 Å². The first-order chi connectivity index (χ1) is 11.6. The molecular weight excluding hydrogens is 358 g/mol. The smallest absolute Gasteiger partial charge is 0.207 e. The van der Waals surface area contributed by atoms with Gasteiger partial charge in [0.25, 0.3) is 0 Å². The zero-order chi connectivity index (χ0) is 17.0. The summed E-state index contributed by atoms with van der Waals surface area (Å²) in [6.07, 6.45) is 2.93. The van der Waals surface area contributed by atoms with E-state index in [0.29, 0.717) is 23.2 Å². The second-order valence-electron chi connectivity index (χ2n) is 5.96. The van der Waals surface area contributed by atoms with Crippen LogP contribution in [0.3, 0.4) is 0 Å². The largest absolute Gasteiger partial charge is 0.243 e. The van der Waals surface area contributed by atoms with Crippen molar-refractivity contribution in [2.45, 2.75) is 36.3 Å². The Bertz CT molecular complexity index is 739. The van der Waals surface area contributed by atoms with Crippen LogP contribution in [0.2, 0.25) is 0 Å². The minimum absolute atomic E-state index is 0.414. The average Bonchev–Trinajstić information content (AvgIpc) is 3.00. The molecule has 1 aliphatic heterocycles. The van der Waals surface area contributed by atoms with E-state index in [4.69, 9.17) is 0 Å². The zero-order valence-corrected chi connectivity index (χ0v) is 16.3. The van der Waals surface area contributed by atoms with Crippen molar-refractivity contribution in [2.24, 2.45) is 0 Å². The predicted octanol–water partition coefficient (Wildman–Crippen LogP) is 4.57. The molecule has 0 aliphatic carbocycles. The summed E-state index contributed by atoms with van der Waals surface area (Å²) < 4.78 is 27.5. The fourth-order valence-electron chi connectivity index (χ4n) is 2.96. The highest BCUT2D eigenvalue weighted by molar-refractivity contribution is 7.99. The number of thiophene rings is 1. The van der Waals surface area contributed by atoms with Crippen LogP contribution in [-0.4, -0.2) is 31.6 Å². The normalized spacial score (nSPS) is 20.0. The second kappa shape index (κ2) is 8.04. The van der Waals surface area contributed by atoms with Crippen molar-refractivity contribution < 1.29 is 8.42 Å². The van der Waals surface area contributed by atoms with E-state index in [1.165, 1.54) is 10.4 Å². The highest BCUT2D eigenvalue weighted by atomic mass is 32.2. The van der Waals surface area contributed by atoms with E-state index in [1.54, 1.807) is 27.8 Å². The van der Waals surface area contributed by atoms with Crippen LogP contribution in [0.15, 0.2) is 46.7 Å². The van der Waals surface area contributed by atoms with Crippen LogP contribution in [-0.2, 0) is 16.4 Å². The molecule has 0 spiro atoms. The Morgan fingerprint density at radius 1 is 1.17 bits per heavy atom. The van der Waals surface area contributed by atoms with Crippen LogP contribution < -0.4 is 0 Å². The van der Waals surface area contributed by atoms with Crippen molar-refractivity contribution >= 4 is 33.1 Å². The van der Waals surface area contributed by atoms with Gasteiger partial charge in [-0.05, 0) is 42.0 Å². The molecule has 0 bridgehead atoms. The molecule has 0 amide bonds. The molecule has 3 nitrogen and oxygen atoms in total. The molecule has 3 rings (SSSR count). The summed E-state index contributed by atoms with van der Waals surface area (Å²) in [7, 11) is -3.39. The molecule has 0 saturated carbocycles. The molecule has 130 valence electrons. The number of benzene rings is 1. The predicted molar refractivity (Wildman–Crippen MR) is 103 cm³/mol. The maximum absolute atomic E-state index is 12.9. The van der Waals surface area contributed by atoms with E-state index in [0.717, 1.165) is 25.0 Å². The molecule has 1 aromatic carbocycles. The lowest BCUT2D eigenvalue weighted by molar-refractivity contribution is 0.428. The standard InChI is InChI=1S/C18H23NO2S3/c1-2-4-15-6-8-16(9-7-15)24(20,21)19-11-10-18(23-14-12-19)17-5-3-13-22-17/h3,5-9,13,18H,2,4,10-12,14H2,1H3. The van der Waals surface area contributed by atoms with E-state index in [-0.39, 0.29) is 0 Å². The Kier molecular flexibility index (Phi) is 6.02. The summed E-state index contributed by atoms with van der Waals surface area (Å²) in [5, 5.41) is 2.50. The number of hydrogen-bond donors (Lipinski definition) is 0. The monoisotopic (exact) mass is 381 g/mol. The molecule has 1 aromatic heterocycles. The van der Waals surface area contributed by atoms with Gasteiger partial charge in [-0.15, -0.1) is 11.3 Å². The van der Waals surface area contributed by atoms with Gasteiger partial charge in [0.2, 0.25) is 10.0 Å². The quantitative estimate of drug-likeness (QED) is 0.761. The van der Waals surface area contributed by atoms with E-state index >= 15 is 0 Å². The van der Waals surface area contributed by atoms with Crippen molar-refractivity contribution in [3.8, 4) is 0 Å². The Balaban J connectivity index is 1.72. The van der Waals surface area contributed by atoms with Crippen molar-refractivity contribution in [1.82, 2.24) is 4.31 Å². The topological polar surface area (TPSA) is 37.4 Å². The van der Waals surface area contributed by atoms with Gasteiger partial charge in [0.1, 0.15) is 0 Å². The van der Waals surface area contributed by atoms with E-state index in [2.05, 4.69) is 24.4 Å². The summed E-state index contributed by atoms with van der Waals surface area (Å²) in [5.74, 6) is 0.843. The fraction of sp³-hybridized carbons (Fsp3) is 0.444. The number of rotatable bonds is 5.